The van der Waals surface area contributed by atoms with E-state index in [4.69, 9.17) is 5.11 Å². The summed E-state index contributed by atoms with van der Waals surface area (Å²) in [6.07, 6.45) is 7.77. The molecule has 0 atom stereocenters. The van der Waals surface area contributed by atoms with Crippen molar-refractivity contribution >= 4 is 5.97 Å². The van der Waals surface area contributed by atoms with E-state index in [1.165, 1.54) is 38.3 Å². The van der Waals surface area contributed by atoms with Gasteiger partial charge in [0, 0.05) is 19.6 Å². The quantitative estimate of drug-likeness (QED) is 0.887. The zero-order chi connectivity index (χ0) is 13.1. The molecule has 1 heterocycles. The Hall–Kier alpha value is -1.36. The number of nitrogens with zero attached hydrogens (tertiary/aromatic N) is 3. The molecule has 0 amide bonds. The minimum Gasteiger partial charge on any atom is -0.478 e. The summed E-state index contributed by atoms with van der Waals surface area (Å²) in [5.41, 5.74) is 1.11. The molecule has 5 nitrogen and oxygen atoms in total. The molecule has 1 saturated carbocycles. The van der Waals surface area contributed by atoms with Crippen molar-refractivity contribution in [3.8, 4) is 0 Å². The molecular weight excluding hydrogens is 230 g/mol. The minimum atomic E-state index is -0.893. The van der Waals surface area contributed by atoms with E-state index in [9.17, 15) is 4.79 Å². The third-order valence-corrected chi connectivity index (χ3v) is 3.89. The van der Waals surface area contributed by atoms with Crippen LogP contribution in [0, 0.1) is 0 Å². The average Bonchev–Trinajstić information content (AvgIpc) is 2.72. The van der Waals surface area contributed by atoms with Crippen molar-refractivity contribution in [1.29, 1.82) is 0 Å². The highest BCUT2D eigenvalue weighted by Gasteiger charge is 2.22. The van der Waals surface area contributed by atoms with Crippen LogP contribution >= 0.6 is 0 Å². The van der Waals surface area contributed by atoms with E-state index in [-0.39, 0.29) is 0 Å². The fraction of sp³-hybridized carbons (Fsp3) is 0.692. The van der Waals surface area contributed by atoms with Crippen molar-refractivity contribution in [3.63, 3.8) is 0 Å². The van der Waals surface area contributed by atoms with Crippen LogP contribution < -0.4 is 0 Å². The lowest BCUT2D eigenvalue weighted by Gasteiger charge is -2.31. The molecule has 0 radical (unpaired) electrons. The summed E-state index contributed by atoms with van der Waals surface area (Å²) in [7, 11) is 3.88. The molecule has 0 aliphatic heterocycles. The van der Waals surface area contributed by atoms with Crippen LogP contribution in [0.3, 0.4) is 0 Å². The molecule has 18 heavy (non-hydrogen) atoms. The maximum absolute atomic E-state index is 11.1. The number of hydrogen-bond donors (Lipinski definition) is 1. The number of carbonyl (C=O) groups is 1. The summed E-state index contributed by atoms with van der Waals surface area (Å²) in [5.74, 6) is -0.893. The van der Waals surface area contributed by atoms with Crippen molar-refractivity contribution in [2.24, 2.45) is 7.05 Å². The van der Waals surface area contributed by atoms with E-state index in [0.717, 1.165) is 5.69 Å². The van der Waals surface area contributed by atoms with Crippen molar-refractivity contribution in [3.05, 3.63) is 17.5 Å². The molecule has 0 bridgehead atoms. The second-order valence-corrected chi connectivity index (χ2v) is 5.14. The Kier molecular flexibility index (Phi) is 4.01. The van der Waals surface area contributed by atoms with E-state index in [2.05, 4.69) is 17.0 Å². The number of carboxylic acids is 1. The monoisotopic (exact) mass is 251 g/mol. The molecular formula is C13H21N3O2. The molecule has 0 saturated heterocycles. The highest BCUT2D eigenvalue weighted by atomic mass is 16.4. The van der Waals surface area contributed by atoms with Crippen LogP contribution in [0.5, 0.6) is 0 Å². The van der Waals surface area contributed by atoms with Gasteiger partial charge in [0.15, 0.2) is 0 Å². The van der Waals surface area contributed by atoms with Gasteiger partial charge in [-0.05, 0) is 19.9 Å². The van der Waals surface area contributed by atoms with Gasteiger partial charge in [0.1, 0.15) is 5.56 Å². The number of hydrogen-bond acceptors (Lipinski definition) is 3. The Morgan fingerprint density at radius 1 is 1.50 bits per heavy atom. The number of rotatable bonds is 4. The van der Waals surface area contributed by atoms with Crippen molar-refractivity contribution in [2.75, 3.05) is 7.05 Å². The second-order valence-electron chi connectivity index (χ2n) is 5.14. The van der Waals surface area contributed by atoms with Gasteiger partial charge in [-0.1, -0.05) is 19.3 Å². The van der Waals surface area contributed by atoms with Crippen LogP contribution in [-0.4, -0.2) is 38.8 Å². The van der Waals surface area contributed by atoms with Gasteiger partial charge in [0.25, 0.3) is 0 Å². The van der Waals surface area contributed by atoms with Crippen LogP contribution in [0.15, 0.2) is 6.20 Å². The van der Waals surface area contributed by atoms with E-state index in [1.54, 1.807) is 11.7 Å². The van der Waals surface area contributed by atoms with Gasteiger partial charge in [0.05, 0.1) is 11.9 Å². The zero-order valence-corrected chi connectivity index (χ0v) is 11.1. The maximum Gasteiger partial charge on any atom is 0.339 e. The van der Waals surface area contributed by atoms with Crippen LogP contribution in [0.25, 0.3) is 0 Å². The minimum absolute atomic E-state index is 0.320. The number of aromatic carboxylic acids is 1. The zero-order valence-electron chi connectivity index (χ0n) is 11.1. The Morgan fingerprint density at radius 3 is 2.78 bits per heavy atom. The first-order chi connectivity index (χ1) is 8.59. The lowest BCUT2D eigenvalue weighted by Crippen LogP contribution is -2.34. The summed E-state index contributed by atoms with van der Waals surface area (Å²) >= 11 is 0. The SMILES string of the molecule is CN(Cc1c(C(=O)O)cnn1C)C1CCCCC1. The Morgan fingerprint density at radius 2 is 2.17 bits per heavy atom. The van der Waals surface area contributed by atoms with Crippen molar-refractivity contribution < 1.29 is 9.90 Å². The third kappa shape index (κ3) is 2.72. The number of carboxylic acid groups (broad SMARTS) is 1. The molecule has 0 aromatic carbocycles. The first-order valence-corrected chi connectivity index (χ1v) is 6.54. The fourth-order valence-electron chi connectivity index (χ4n) is 2.72. The molecule has 1 aliphatic rings. The summed E-state index contributed by atoms with van der Waals surface area (Å²) in [6.45, 7) is 0.656. The predicted molar refractivity (Wildman–Crippen MR) is 68.5 cm³/mol. The summed E-state index contributed by atoms with van der Waals surface area (Å²) in [4.78, 5) is 13.4. The van der Waals surface area contributed by atoms with E-state index < -0.39 is 5.97 Å². The lowest BCUT2D eigenvalue weighted by molar-refractivity contribution is 0.0693. The highest BCUT2D eigenvalue weighted by Crippen LogP contribution is 2.23. The van der Waals surface area contributed by atoms with Gasteiger partial charge in [0.2, 0.25) is 0 Å². The molecule has 2 rings (SSSR count). The summed E-state index contributed by atoms with van der Waals surface area (Å²) < 4.78 is 1.67. The summed E-state index contributed by atoms with van der Waals surface area (Å²) in [6, 6.07) is 0.579. The molecule has 1 aliphatic carbocycles. The molecule has 5 heteroatoms. The van der Waals surface area contributed by atoms with Crippen LogP contribution in [0.4, 0.5) is 0 Å². The third-order valence-electron chi connectivity index (χ3n) is 3.89. The average molecular weight is 251 g/mol. The van der Waals surface area contributed by atoms with Gasteiger partial charge in [-0.3, -0.25) is 9.58 Å². The largest absolute Gasteiger partial charge is 0.478 e. The Balaban J connectivity index is 2.08. The van der Waals surface area contributed by atoms with Gasteiger partial charge in [-0.25, -0.2) is 4.79 Å². The van der Waals surface area contributed by atoms with Crippen LogP contribution in [0.1, 0.15) is 48.2 Å². The second kappa shape index (κ2) is 5.52. The normalized spacial score (nSPS) is 17.3. The standard InChI is InChI=1S/C13H21N3O2/c1-15(10-6-4-3-5-7-10)9-12-11(13(17)18)8-14-16(12)2/h8,10H,3-7,9H2,1-2H3,(H,17,18). The topological polar surface area (TPSA) is 58.4 Å². The fourth-order valence-corrected chi connectivity index (χ4v) is 2.72. The maximum atomic E-state index is 11.1. The van der Waals surface area contributed by atoms with Gasteiger partial charge in [-0.2, -0.15) is 5.10 Å². The van der Waals surface area contributed by atoms with E-state index in [0.29, 0.717) is 18.2 Å². The van der Waals surface area contributed by atoms with E-state index in [1.807, 2.05) is 0 Å². The summed E-state index contributed by atoms with van der Waals surface area (Å²) in [5, 5.41) is 13.2. The first-order valence-electron chi connectivity index (χ1n) is 6.54. The van der Waals surface area contributed by atoms with Crippen molar-refractivity contribution in [2.45, 2.75) is 44.7 Å². The van der Waals surface area contributed by atoms with Gasteiger partial charge >= 0.3 is 5.97 Å². The Bertz CT molecular complexity index is 422. The molecule has 0 spiro atoms. The lowest BCUT2D eigenvalue weighted by atomic mass is 9.94. The molecule has 1 aromatic rings. The Labute approximate surface area is 107 Å². The van der Waals surface area contributed by atoms with Crippen LogP contribution in [0.2, 0.25) is 0 Å². The molecule has 100 valence electrons. The smallest absolute Gasteiger partial charge is 0.339 e. The van der Waals surface area contributed by atoms with E-state index >= 15 is 0 Å². The molecule has 1 N–H and O–H groups in total. The number of aryl methyl sites for hydroxylation is 1. The molecule has 1 aromatic heterocycles. The molecule has 1 fully saturated rings. The number of aromatic nitrogens is 2. The van der Waals surface area contributed by atoms with Gasteiger partial charge < -0.3 is 5.11 Å². The van der Waals surface area contributed by atoms with Gasteiger partial charge in [-0.15, -0.1) is 0 Å². The predicted octanol–water partition coefficient (Wildman–Crippen LogP) is 1.88. The highest BCUT2D eigenvalue weighted by molar-refractivity contribution is 5.88. The molecule has 0 unspecified atom stereocenters. The van der Waals surface area contributed by atoms with Crippen molar-refractivity contribution in [1.82, 2.24) is 14.7 Å². The van der Waals surface area contributed by atoms with Crippen LogP contribution in [-0.2, 0) is 13.6 Å². The first kappa shape index (κ1) is 13.1.